The van der Waals surface area contributed by atoms with E-state index in [0.717, 1.165) is 17.8 Å². The maximum atomic E-state index is 12.0. The molecule has 2 unspecified atom stereocenters. The van der Waals surface area contributed by atoms with E-state index in [0.29, 0.717) is 34.2 Å². The molecule has 3 N–H and O–H groups in total. The fraction of sp³-hybridized carbons (Fsp3) is 0.588. The SMILES string of the molecule is CCCCC(CC)c1nnc(Nc2nc(C)nc3c2NC(=O)C(C)N3)s1. The summed E-state index contributed by atoms with van der Waals surface area (Å²) in [5.74, 6) is 2.08. The van der Waals surface area contributed by atoms with Crippen LogP contribution in [0.1, 0.15) is 63.2 Å². The summed E-state index contributed by atoms with van der Waals surface area (Å²) in [6.45, 7) is 7.99. The molecule has 1 amide bonds. The predicted octanol–water partition coefficient (Wildman–Crippen LogP) is 3.82. The summed E-state index contributed by atoms with van der Waals surface area (Å²) in [4.78, 5) is 20.8. The summed E-state index contributed by atoms with van der Waals surface area (Å²) in [7, 11) is 0. The number of anilines is 4. The molecule has 0 bridgehead atoms. The number of carbonyl (C=O) groups excluding carboxylic acids is 1. The molecule has 0 saturated carbocycles. The first-order valence-corrected chi connectivity index (χ1v) is 9.89. The second kappa shape index (κ2) is 7.94. The molecule has 0 radical (unpaired) electrons. The van der Waals surface area contributed by atoms with Crippen LogP contribution < -0.4 is 16.0 Å². The van der Waals surface area contributed by atoms with E-state index in [-0.39, 0.29) is 11.9 Å². The number of nitrogens with one attached hydrogen (secondary N) is 3. The monoisotopic (exact) mass is 375 g/mol. The van der Waals surface area contributed by atoms with Gasteiger partial charge in [-0.1, -0.05) is 38.0 Å². The van der Waals surface area contributed by atoms with E-state index in [4.69, 9.17) is 0 Å². The van der Waals surface area contributed by atoms with Crippen LogP contribution in [0.2, 0.25) is 0 Å². The molecule has 9 heteroatoms. The van der Waals surface area contributed by atoms with Gasteiger partial charge in [0, 0.05) is 5.92 Å². The van der Waals surface area contributed by atoms with Gasteiger partial charge in [-0.05, 0) is 26.7 Å². The Morgan fingerprint density at radius 2 is 2.08 bits per heavy atom. The standard InChI is InChI=1S/C17H25N7OS/c1-5-7-8-11(6-2)16-23-24-17(26-16)22-14-12-13(19-10(4)20-14)18-9(3)15(25)21-12/h9,11H,5-8H2,1-4H3,(H,21,25)(H2,18,19,20,22,24). The molecular weight excluding hydrogens is 350 g/mol. The zero-order chi connectivity index (χ0) is 18.7. The van der Waals surface area contributed by atoms with E-state index in [2.05, 4.69) is 50.0 Å². The summed E-state index contributed by atoms with van der Waals surface area (Å²) in [5.41, 5.74) is 0.550. The van der Waals surface area contributed by atoms with Gasteiger partial charge in [0.2, 0.25) is 11.0 Å². The summed E-state index contributed by atoms with van der Waals surface area (Å²) < 4.78 is 0. The Hall–Kier alpha value is -2.29. The van der Waals surface area contributed by atoms with E-state index in [1.165, 1.54) is 12.8 Å². The molecule has 3 heterocycles. The molecule has 1 aliphatic rings. The van der Waals surface area contributed by atoms with Gasteiger partial charge in [0.1, 0.15) is 22.6 Å². The van der Waals surface area contributed by atoms with Crippen molar-refractivity contribution in [3.63, 3.8) is 0 Å². The molecule has 26 heavy (non-hydrogen) atoms. The lowest BCUT2D eigenvalue weighted by atomic mass is 10.0. The molecule has 140 valence electrons. The minimum absolute atomic E-state index is 0.114. The fourth-order valence-electron chi connectivity index (χ4n) is 2.89. The minimum Gasteiger partial charge on any atom is -0.357 e. The van der Waals surface area contributed by atoms with Crippen LogP contribution in [-0.2, 0) is 4.79 Å². The van der Waals surface area contributed by atoms with Gasteiger partial charge in [-0.15, -0.1) is 10.2 Å². The number of aryl methyl sites for hydroxylation is 1. The maximum Gasteiger partial charge on any atom is 0.246 e. The fourth-order valence-corrected chi connectivity index (χ4v) is 3.85. The van der Waals surface area contributed by atoms with Gasteiger partial charge in [0.05, 0.1) is 0 Å². The van der Waals surface area contributed by atoms with Crippen molar-refractivity contribution < 1.29 is 4.79 Å². The second-order valence-corrected chi connectivity index (χ2v) is 7.53. The molecule has 0 aliphatic carbocycles. The normalized spacial score (nSPS) is 17.2. The number of aromatic nitrogens is 4. The molecule has 2 aromatic heterocycles. The van der Waals surface area contributed by atoms with Crippen LogP contribution in [0.3, 0.4) is 0 Å². The lowest BCUT2D eigenvalue weighted by Gasteiger charge is -2.24. The van der Waals surface area contributed by atoms with Crippen molar-refractivity contribution in [3.8, 4) is 0 Å². The molecular formula is C17H25N7OS. The molecule has 0 fully saturated rings. The second-order valence-electron chi connectivity index (χ2n) is 6.52. The van der Waals surface area contributed by atoms with E-state index >= 15 is 0 Å². The highest BCUT2D eigenvalue weighted by Crippen LogP contribution is 2.35. The summed E-state index contributed by atoms with van der Waals surface area (Å²) in [6, 6.07) is -0.332. The number of amides is 1. The lowest BCUT2D eigenvalue weighted by molar-refractivity contribution is -0.116. The number of carbonyl (C=O) groups is 1. The molecule has 3 rings (SSSR count). The molecule has 2 atom stereocenters. The Labute approximate surface area is 157 Å². The molecule has 0 saturated heterocycles. The van der Waals surface area contributed by atoms with E-state index in [1.807, 2.05) is 6.92 Å². The zero-order valence-electron chi connectivity index (χ0n) is 15.6. The summed E-state index contributed by atoms with van der Waals surface area (Å²) >= 11 is 1.54. The Bertz CT molecular complexity index is 791. The van der Waals surface area contributed by atoms with E-state index in [1.54, 1.807) is 18.3 Å². The number of rotatable bonds is 7. The van der Waals surface area contributed by atoms with Crippen molar-refractivity contribution in [3.05, 3.63) is 10.8 Å². The van der Waals surface area contributed by atoms with Crippen LogP contribution in [0.15, 0.2) is 0 Å². The average Bonchev–Trinajstić information content (AvgIpc) is 3.06. The number of nitrogens with zero attached hydrogens (tertiary/aromatic N) is 4. The number of fused-ring (bicyclic) bond motifs is 1. The minimum atomic E-state index is -0.332. The van der Waals surface area contributed by atoms with Crippen molar-refractivity contribution in [1.29, 1.82) is 0 Å². The van der Waals surface area contributed by atoms with Gasteiger partial charge in [-0.25, -0.2) is 9.97 Å². The van der Waals surface area contributed by atoms with Crippen molar-refractivity contribution in [1.82, 2.24) is 20.2 Å². The van der Waals surface area contributed by atoms with Crippen molar-refractivity contribution in [2.24, 2.45) is 0 Å². The van der Waals surface area contributed by atoms with Crippen molar-refractivity contribution in [2.75, 3.05) is 16.0 Å². The first kappa shape index (κ1) is 18.5. The van der Waals surface area contributed by atoms with Gasteiger partial charge in [0.25, 0.3) is 0 Å². The quantitative estimate of drug-likeness (QED) is 0.675. The Balaban J connectivity index is 1.83. The van der Waals surface area contributed by atoms with Crippen LogP contribution in [0.4, 0.5) is 22.5 Å². The third kappa shape index (κ3) is 3.92. The molecule has 1 aliphatic heterocycles. The highest BCUT2D eigenvalue weighted by molar-refractivity contribution is 7.15. The Morgan fingerprint density at radius 1 is 1.27 bits per heavy atom. The summed E-state index contributed by atoms with van der Waals surface area (Å²) in [6.07, 6.45) is 4.54. The maximum absolute atomic E-state index is 12.0. The molecule has 0 aromatic carbocycles. The Morgan fingerprint density at radius 3 is 2.81 bits per heavy atom. The number of hydrogen-bond donors (Lipinski definition) is 3. The smallest absolute Gasteiger partial charge is 0.246 e. The lowest BCUT2D eigenvalue weighted by Crippen LogP contribution is -2.37. The van der Waals surface area contributed by atoms with E-state index in [9.17, 15) is 4.79 Å². The topological polar surface area (TPSA) is 105 Å². The number of hydrogen-bond acceptors (Lipinski definition) is 8. The Kier molecular flexibility index (Phi) is 5.65. The molecule has 8 nitrogen and oxygen atoms in total. The van der Waals surface area contributed by atoms with E-state index < -0.39 is 0 Å². The van der Waals surface area contributed by atoms with Crippen molar-refractivity contribution in [2.45, 2.75) is 65.3 Å². The first-order chi connectivity index (χ1) is 12.5. The van der Waals surface area contributed by atoms with Crippen LogP contribution in [0, 0.1) is 6.92 Å². The average molecular weight is 376 g/mol. The van der Waals surface area contributed by atoms with Gasteiger partial charge in [-0.2, -0.15) is 0 Å². The highest BCUT2D eigenvalue weighted by atomic mass is 32.1. The zero-order valence-corrected chi connectivity index (χ0v) is 16.4. The van der Waals surface area contributed by atoms with Crippen molar-refractivity contribution >= 4 is 39.7 Å². The highest BCUT2D eigenvalue weighted by Gasteiger charge is 2.26. The van der Waals surface area contributed by atoms with Gasteiger partial charge in [0.15, 0.2) is 11.6 Å². The van der Waals surface area contributed by atoms with Crippen LogP contribution in [0.25, 0.3) is 0 Å². The molecule has 2 aromatic rings. The van der Waals surface area contributed by atoms with Gasteiger partial charge >= 0.3 is 0 Å². The third-order valence-electron chi connectivity index (χ3n) is 4.43. The van der Waals surface area contributed by atoms with Crippen LogP contribution in [0.5, 0.6) is 0 Å². The number of unbranched alkanes of at least 4 members (excludes halogenated alkanes) is 1. The van der Waals surface area contributed by atoms with Crippen LogP contribution >= 0.6 is 11.3 Å². The van der Waals surface area contributed by atoms with Gasteiger partial charge < -0.3 is 16.0 Å². The largest absolute Gasteiger partial charge is 0.357 e. The predicted molar refractivity (Wildman–Crippen MR) is 104 cm³/mol. The van der Waals surface area contributed by atoms with Gasteiger partial charge in [-0.3, -0.25) is 4.79 Å². The first-order valence-electron chi connectivity index (χ1n) is 9.08. The molecule has 0 spiro atoms. The third-order valence-corrected chi connectivity index (χ3v) is 5.43. The summed E-state index contributed by atoms with van der Waals surface area (Å²) in [5, 5.41) is 19.5. The van der Waals surface area contributed by atoms with Crippen LogP contribution in [-0.4, -0.2) is 32.1 Å².